The van der Waals surface area contributed by atoms with Crippen LogP contribution in [0.5, 0.6) is 0 Å². The molecule has 14 heavy (non-hydrogen) atoms. The van der Waals surface area contributed by atoms with E-state index in [0.29, 0.717) is 0 Å². The predicted molar refractivity (Wildman–Crippen MR) is 61.4 cm³/mol. The van der Waals surface area contributed by atoms with Crippen LogP contribution < -0.4 is 5.73 Å². The highest BCUT2D eigenvalue weighted by molar-refractivity contribution is 4.81. The first-order valence-corrected chi connectivity index (χ1v) is 5.41. The van der Waals surface area contributed by atoms with Gasteiger partial charge in [0.05, 0.1) is 6.61 Å². The summed E-state index contributed by atoms with van der Waals surface area (Å²) in [4.78, 5) is 2.38. The van der Waals surface area contributed by atoms with Crippen LogP contribution in [0.4, 0.5) is 0 Å². The molecule has 0 radical (unpaired) electrons. The van der Waals surface area contributed by atoms with Gasteiger partial charge in [-0.3, -0.25) is 0 Å². The van der Waals surface area contributed by atoms with E-state index in [1.54, 1.807) is 7.11 Å². The van der Waals surface area contributed by atoms with Gasteiger partial charge in [-0.25, -0.2) is 0 Å². The Morgan fingerprint density at radius 2 is 2.00 bits per heavy atom. The van der Waals surface area contributed by atoms with E-state index in [9.17, 15) is 0 Å². The highest BCUT2D eigenvalue weighted by Gasteiger charge is 2.25. The molecule has 0 aliphatic carbocycles. The fraction of sp³-hybridized carbons (Fsp3) is 1.00. The van der Waals surface area contributed by atoms with Gasteiger partial charge in [0.2, 0.25) is 0 Å². The third-order valence-corrected chi connectivity index (χ3v) is 2.92. The summed E-state index contributed by atoms with van der Waals surface area (Å²) >= 11 is 0. The van der Waals surface area contributed by atoms with Crippen molar-refractivity contribution in [1.82, 2.24) is 4.90 Å². The zero-order chi connectivity index (χ0) is 11.2. The maximum absolute atomic E-state index is 5.94. The van der Waals surface area contributed by atoms with Crippen molar-refractivity contribution in [1.29, 1.82) is 0 Å². The maximum Gasteiger partial charge on any atom is 0.0589 e. The van der Waals surface area contributed by atoms with Gasteiger partial charge >= 0.3 is 0 Å². The Hall–Kier alpha value is -0.120. The number of methoxy groups -OCH3 is 1. The van der Waals surface area contributed by atoms with E-state index >= 15 is 0 Å². The van der Waals surface area contributed by atoms with E-state index in [0.717, 1.165) is 26.2 Å². The molecule has 1 atom stereocenters. The van der Waals surface area contributed by atoms with Gasteiger partial charge in [-0.15, -0.1) is 0 Å². The van der Waals surface area contributed by atoms with Crippen LogP contribution in [-0.2, 0) is 4.74 Å². The number of likely N-dealkylation sites (N-methyl/N-ethyl adjacent to an activating group) is 1. The molecule has 0 heterocycles. The Kier molecular flexibility index (Phi) is 6.33. The lowest BCUT2D eigenvalue weighted by Gasteiger charge is -2.34. The van der Waals surface area contributed by atoms with Crippen LogP contribution in [0.3, 0.4) is 0 Å². The summed E-state index contributed by atoms with van der Waals surface area (Å²) in [5.74, 6) is 0. The summed E-state index contributed by atoms with van der Waals surface area (Å²) in [5.41, 5.74) is 6.11. The molecule has 0 fully saturated rings. The second kappa shape index (κ2) is 6.38. The maximum atomic E-state index is 5.94. The highest BCUT2D eigenvalue weighted by Crippen LogP contribution is 2.20. The quantitative estimate of drug-likeness (QED) is 0.677. The van der Waals surface area contributed by atoms with Gasteiger partial charge in [-0.05, 0) is 18.9 Å². The van der Waals surface area contributed by atoms with Gasteiger partial charge in [0.15, 0.2) is 0 Å². The van der Waals surface area contributed by atoms with Gasteiger partial charge in [0.1, 0.15) is 0 Å². The van der Waals surface area contributed by atoms with Gasteiger partial charge < -0.3 is 15.4 Å². The van der Waals surface area contributed by atoms with E-state index in [1.807, 2.05) is 0 Å². The average Bonchev–Trinajstić information content (AvgIpc) is 2.11. The minimum atomic E-state index is 0.170. The number of rotatable bonds is 7. The summed E-state index contributed by atoms with van der Waals surface area (Å²) in [6.45, 7) is 12.5. The number of nitrogens with zero attached hydrogens (tertiary/aromatic N) is 1. The lowest BCUT2D eigenvalue weighted by atomic mass is 9.85. The van der Waals surface area contributed by atoms with Crippen LogP contribution in [0.2, 0.25) is 0 Å². The van der Waals surface area contributed by atoms with E-state index < -0.39 is 0 Å². The van der Waals surface area contributed by atoms with Crippen LogP contribution >= 0.6 is 0 Å². The largest absolute Gasteiger partial charge is 0.383 e. The molecular weight excluding hydrogens is 176 g/mol. The molecule has 0 bridgehead atoms. The van der Waals surface area contributed by atoms with E-state index in [-0.39, 0.29) is 11.5 Å². The topological polar surface area (TPSA) is 38.5 Å². The predicted octanol–water partition coefficient (Wildman–Crippen LogP) is 1.33. The normalized spacial score (nSPS) is 14.8. The van der Waals surface area contributed by atoms with Crippen molar-refractivity contribution in [3.8, 4) is 0 Å². The monoisotopic (exact) mass is 202 g/mol. The fourth-order valence-electron chi connectivity index (χ4n) is 1.29. The Bertz CT molecular complexity index is 146. The average molecular weight is 202 g/mol. The molecule has 0 aromatic rings. The molecule has 0 saturated carbocycles. The first-order valence-electron chi connectivity index (χ1n) is 5.41. The summed E-state index contributed by atoms with van der Waals surface area (Å²) in [6, 6.07) is 0.221. The number of nitrogens with two attached hydrogens (primary N) is 1. The van der Waals surface area contributed by atoms with E-state index in [1.165, 1.54) is 0 Å². The van der Waals surface area contributed by atoms with Crippen molar-refractivity contribution in [2.45, 2.75) is 33.7 Å². The second-order valence-corrected chi connectivity index (χ2v) is 4.64. The van der Waals surface area contributed by atoms with Crippen LogP contribution in [0, 0.1) is 5.41 Å². The van der Waals surface area contributed by atoms with Crippen LogP contribution in [-0.4, -0.2) is 44.3 Å². The van der Waals surface area contributed by atoms with Crippen molar-refractivity contribution >= 4 is 0 Å². The van der Waals surface area contributed by atoms with E-state index in [2.05, 4.69) is 32.6 Å². The second-order valence-electron chi connectivity index (χ2n) is 4.64. The lowest BCUT2D eigenvalue weighted by Crippen LogP contribution is -2.45. The van der Waals surface area contributed by atoms with Gasteiger partial charge in [-0.1, -0.05) is 20.8 Å². The molecule has 0 aliphatic rings. The molecule has 86 valence electrons. The molecule has 0 aromatic carbocycles. The SMILES string of the molecule is CCN(CCOC)CC(C)(C)C(C)N. The third-order valence-electron chi connectivity index (χ3n) is 2.92. The number of hydrogen-bond donors (Lipinski definition) is 1. The standard InChI is InChI=1S/C11H26N2O/c1-6-13(7-8-14-5)9-11(3,4)10(2)12/h10H,6-9,12H2,1-5H3. The Morgan fingerprint density at radius 1 is 1.43 bits per heavy atom. The van der Waals surface area contributed by atoms with Crippen molar-refractivity contribution in [3.63, 3.8) is 0 Å². The molecule has 0 spiro atoms. The van der Waals surface area contributed by atoms with Crippen molar-refractivity contribution in [2.24, 2.45) is 11.1 Å². The molecule has 0 saturated heterocycles. The highest BCUT2D eigenvalue weighted by atomic mass is 16.5. The van der Waals surface area contributed by atoms with Crippen LogP contribution in [0.1, 0.15) is 27.7 Å². The summed E-state index contributed by atoms with van der Waals surface area (Å²) in [6.07, 6.45) is 0. The van der Waals surface area contributed by atoms with Crippen LogP contribution in [0.25, 0.3) is 0 Å². The van der Waals surface area contributed by atoms with Gasteiger partial charge in [0, 0.05) is 26.2 Å². The summed E-state index contributed by atoms with van der Waals surface area (Å²) in [5, 5.41) is 0. The number of hydrogen-bond acceptors (Lipinski definition) is 3. The molecular formula is C11H26N2O. The molecule has 0 rings (SSSR count). The molecule has 3 heteroatoms. The van der Waals surface area contributed by atoms with Crippen molar-refractivity contribution < 1.29 is 4.74 Å². The Labute approximate surface area is 88.6 Å². The summed E-state index contributed by atoms with van der Waals surface area (Å²) < 4.78 is 5.08. The minimum absolute atomic E-state index is 0.170. The smallest absolute Gasteiger partial charge is 0.0589 e. The minimum Gasteiger partial charge on any atom is -0.383 e. The number of ether oxygens (including phenoxy) is 1. The van der Waals surface area contributed by atoms with Gasteiger partial charge in [0.25, 0.3) is 0 Å². The van der Waals surface area contributed by atoms with Crippen LogP contribution in [0.15, 0.2) is 0 Å². The summed E-state index contributed by atoms with van der Waals surface area (Å²) in [7, 11) is 1.74. The fourth-order valence-corrected chi connectivity index (χ4v) is 1.29. The lowest BCUT2D eigenvalue weighted by molar-refractivity contribution is 0.113. The molecule has 0 aliphatic heterocycles. The van der Waals surface area contributed by atoms with E-state index in [4.69, 9.17) is 10.5 Å². The molecule has 0 aromatic heterocycles. The molecule has 0 amide bonds. The zero-order valence-electron chi connectivity index (χ0n) is 10.3. The Morgan fingerprint density at radius 3 is 2.36 bits per heavy atom. The molecule has 3 nitrogen and oxygen atoms in total. The first kappa shape index (κ1) is 13.9. The van der Waals surface area contributed by atoms with Gasteiger partial charge in [-0.2, -0.15) is 0 Å². The third kappa shape index (κ3) is 4.94. The van der Waals surface area contributed by atoms with Crippen molar-refractivity contribution in [3.05, 3.63) is 0 Å². The molecule has 1 unspecified atom stereocenters. The zero-order valence-corrected chi connectivity index (χ0v) is 10.3. The first-order chi connectivity index (χ1) is 6.44. The van der Waals surface area contributed by atoms with Crippen molar-refractivity contribution in [2.75, 3.05) is 33.4 Å². The molecule has 2 N–H and O–H groups in total. The Balaban J connectivity index is 4.02.